The number of hydrogen-bond donors (Lipinski definition) is 0. The van der Waals surface area contributed by atoms with E-state index in [4.69, 9.17) is 0 Å². The summed E-state index contributed by atoms with van der Waals surface area (Å²) in [6, 6.07) is 23.7. The van der Waals surface area contributed by atoms with Crippen LogP contribution in [0.4, 0.5) is 8.78 Å². The molecule has 158 valence electrons. The van der Waals surface area contributed by atoms with Crippen molar-refractivity contribution in [3.63, 3.8) is 0 Å². The Balaban J connectivity index is 1.48. The molecule has 0 spiro atoms. The van der Waals surface area contributed by atoms with Gasteiger partial charge < -0.3 is 4.90 Å². The molecule has 31 heavy (non-hydrogen) atoms. The first kappa shape index (κ1) is 20.9. The van der Waals surface area contributed by atoms with Crippen molar-refractivity contribution >= 4 is 17.6 Å². The zero-order valence-electron chi connectivity index (χ0n) is 17.2. The van der Waals surface area contributed by atoms with Crippen molar-refractivity contribution in [1.29, 1.82) is 0 Å². The Morgan fingerprint density at radius 3 is 2.13 bits per heavy atom. The van der Waals surface area contributed by atoms with E-state index in [0.717, 1.165) is 17.2 Å². The Bertz CT molecular complexity index is 1060. The van der Waals surface area contributed by atoms with Crippen LogP contribution in [0.25, 0.3) is 11.6 Å². The summed E-state index contributed by atoms with van der Waals surface area (Å²) in [5, 5.41) is 0. The topological polar surface area (TPSA) is 23.6 Å². The molecular weight excluding hydrogens is 394 g/mol. The minimum Gasteiger partial charge on any atom is -0.336 e. The zero-order chi connectivity index (χ0) is 21.6. The summed E-state index contributed by atoms with van der Waals surface area (Å²) in [6.45, 7) is 2.62. The summed E-state index contributed by atoms with van der Waals surface area (Å²) in [7, 11) is 0. The lowest BCUT2D eigenvalue weighted by Gasteiger charge is -2.35. The summed E-state index contributed by atoms with van der Waals surface area (Å²) in [6.07, 6.45) is 1.92. The van der Waals surface area contributed by atoms with E-state index >= 15 is 0 Å². The molecule has 3 aromatic carbocycles. The highest BCUT2D eigenvalue weighted by atomic mass is 19.2. The number of halogens is 2. The van der Waals surface area contributed by atoms with Gasteiger partial charge in [0, 0.05) is 43.9 Å². The Labute approximate surface area is 181 Å². The summed E-state index contributed by atoms with van der Waals surface area (Å²) >= 11 is 0. The second-order valence-electron chi connectivity index (χ2n) is 7.62. The van der Waals surface area contributed by atoms with Gasteiger partial charge in [-0.2, -0.15) is 0 Å². The average Bonchev–Trinajstić information content (AvgIpc) is 2.82. The first-order valence-corrected chi connectivity index (χ1v) is 10.4. The van der Waals surface area contributed by atoms with E-state index in [1.807, 2.05) is 76.5 Å². The number of benzene rings is 3. The number of hydrogen-bond acceptors (Lipinski definition) is 2. The van der Waals surface area contributed by atoms with Crippen molar-refractivity contribution in [3.05, 3.63) is 107 Å². The van der Waals surface area contributed by atoms with Crippen LogP contribution in [0.1, 0.15) is 16.7 Å². The minimum absolute atomic E-state index is 0.0216. The lowest BCUT2D eigenvalue weighted by atomic mass is 10.0. The molecule has 0 radical (unpaired) electrons. The van der Waals surface area contributed by atoms with Crippen LogP contribution in [0.15, 0.2) is 78.9 Å². The Morgan fingerprint density at radius 1 is 0.806 bits per heavy atom. The van der Waals surface area contributed by atoms with E-state index in [9.17, 15) is 13.6 Å². The fourth-order valence-corrected chi connectivity index (χ4v) is 3.79. The van der Waals surface area contributed by atoms with Gasteiger partial charge in [-0.05, 0) is 23.3 Å². The van der Waals surface area contributed by atoms with Crippen LogP contribution < -0.4 is 0 Å². The second-order valence-corrected chi connectivity index (χ2v) is 7.62. The van der Waals surface area contributed by atoms with Crippen LogP contribution in [0.3, 0.4) is 0 Å². The maximum absolute atomic E-state index is 14.0. The molecule has 1 amide bonds. The molecule has 1 aliphatic rings. The first-order valence-electron chi connectivity index (χ1n) is 10.4. The Hall–Kier alpha value is -3.31. The van der Waals surface area contributed by atoms with Crippen LogP contribution in [0, 0.1) is 11.6 Å². The predicted octanol–water partition coefficient (Wildman–Crippen LogP) is 4.85. The van der Waals surface area contributed by atoms with E-state index in [2.05, 4.69) is 0 Å². The minimum atomic E-state index is -0.829. The number of carbonyl (C=O) groups excluding carboxylic acids is 1. The fourth-order valence-electron chi connectivity index (χ4n) is 3.79. The lowest BCUT2D eigenvalue weighted by Crippen LogP contribution is -2.48. The second kappa shape index (κ2) is 9.67. The van der Waals surface area contributed by atoms with Crippen LogP contribution in [-0.4, -0.2) is 41.9 Å². The molecule has 1 saturated heterocycles. The van der Waals surface area contributed by atoms with Crippen molar-refractivity contribution < 1.29 is 13.6 Å². The largest absolute Gasteiger partial charge is 0.336 e. The summed E-state index contributed by atoms with van der Waals surface area (Å²) in [4.78, 5) is 17.3. The van der Waals surface area contributed by atoms with Crippen molar-refractivity contribution in [2.75, 3.05) is 26.2 Å². The van der Waals surface area contributed by atoms with Gasteiger partial charge in [0.15, 0.2) is 11.6 Å². The quantitative estimate of drug-likeness (QED) is 0.437. The van der Waals surface area contributed by atoms with Gasteiger partial charge in [-0.25, -0.2) is 8.78 Å². The number of amides is 1. The van der Waals surface area contributed by atoms with Crippen molar-refractivity contribution in [2.45, 2.75) is 6.54 Å². The molecule has 3 nitrogen and oxygen atoms in total. The molecule has 4 rings (SSSR count). The van der Waals surface area contributed by atoms with Gasteiger partial charge in [0.1, 0.15) is 0 Å². The number of piperazine rings is 1. The Kier molecular flexibility index (Phi) is 6.53. The molecule has 0 atom stereocenters. The van der Waals surface area contributed by atoms with Gasteiger partial charge in [0.2, 0.25) is 0 Å². The molecule has 0 N–H and O–H groups in total. The summed E-state index contributed by atoms with van der Waals surface area (Å²) in [5.74, 6) is -1.64. The highest BCUT2D eigenvalue weighted by Crippen LogP contribution is 2.22. The third-order valence-electron chi connectivity index (χ3n) is 5.51. The summed E-state index contributed by atoms with van der Waals surface area (Å²) in [5.41, 5.74) is 2.83. The van der Waals surface area contributed by atoms with Crippen molar-refractivity contribution in [3.8, 4) is 0 Å². The molecule has 0 aliphatic carbocycles. The van der Waals surface area contributed by atoms with E-state index in [0.29, 0.717) is 43.9 Å². The maximum atomic E-state index is 14.0. The number of rotatable bonds is 5. The monoisotopic (exact) mass is 418 g/mol. The van der Waals surface area contributed by atoms with Gasteiger partial charge in [-0.15, -0.1) is 0 Å². The van der Waals surface area contributed by atoms with Crippen molar-refractivity contribution in [1.82, 2.24) is 9.80 Å². The molecule has 3 aromatic rings. The van der Waals surface area contributed by atoms with E-state index in [1.54, 1.807) is 6.07 Å². The molecule has 0 bridgehead atoms. The molecule has 5 heteroatoms. The highest BCUT2D eigenvalue weighted by Gasteiger charge is 2.25. The normalized spacial score (nSPS) is 15.2. The van der Waals surface area contributed by atoms with Gasteiger partial charge in [0.25, 0.3) is 5.91 Å². The average molecular weight is 418 g/mol. The van der Waals surface area contributed by atoms with Crippen LogP contribution in [-0.2, 0) is 11.3 Å². The third kappa shape index (κ3) is 5.06. The van der Waals surface area contributed by atoms with E-state index in [-0.39, 0.29) is 5.91 Å². The smallest absolute Gasteiger partial charge is 0.254 e. The van der Waals surface area contributed by atoms with Gasteiger partial charge in [-0.1, -0.05) is 72.8 Å². The molecule has 0 aromatic heterocycles. The SMILES string of the molecule is O=C(/C(=C\c1ccccc1)c1ccccc1)N1CCN(Cc2cccc(F)c2F)CC1. The van der Waals surface area contributed by atoms with Crippen LogP contribution >= 0.6 is 0 Å². The van der Waals surface area contributed by atoms with Crippen LogP contribution in [0.5, 0.6) is 0 Å². The van der Waals surface area contributed by atoms with Gasteiger partial charge >= 0.3 is 0 Å². The maximum Gasteiger partial charge on any atom is 0.254 e. The zero-order valence-corrected chi connectivity index (χ0v) is 17.2. The fraction of sp³-hybridized carbons (Fsp3) is 0.192. The molecule has 0 unspecified atom stereocenters. The predicted molar refractivity (Wildman–Crippen MR) is 119 cm³/mol. The summed E-state index contributed by atoms with van der Waals surface area (Å²) < 4.78 is 27.5. The standard InChI is InChI=1S/C26H24F2N2O/c27-24-13-7-12-22(25(24)28)19-29-14-16-30(17-15-29)26(31)23(21-10-5-2-6-11-21)18-20-8-3-1-4-9-20/h1-13,18H,14-17,19H2/b23-18-. The number of carbonyl (C=O) groups is 1. The lowest BCUT2D eigenvalue weighted by molar-refractivity contribution is -0.126. The first-order chi connectivity index (χ1) is 15.1. The molecule has 0 saturated carbocycles. The van der Waals surface area contributed by atoms with Gasteiger partial charge in [-0.3, -0.25) is 9.69 Å². The molecular formula is C26H24F2N2O. The molecule has 1 fully saturated rings. The highest BCUT2D eigenvalue weighted by molar-refractivity contribution is 6.24. The van der Waals surface area contributed by atoms with E-state index in [1.165, 1.54) is 6.07 Å². The Morgan fingerprint density at radius 2 is 1.45 bits per heavy atom. The third-order valence-corrected chi connectivity index (χ3v) is 5.51. The van der Waals surface area contributed by atoms with E-state index < -0.39 is 11.6 Å². The van der Waals surface area contributed by atoms with Gasteiger partial charge in [0.05, 0.1) is 0 Å². The molecule has 1 heterocycles. The molecule has 1 aliphatic heterocycles. The van der Waals surface area contributed by atoms with Crippen LogP contribution in [0.2, 0.25) is 0 Å². The number of nitrogens with zero attached hydrogens (tertiary/aromatic N) is 2. The van der Waals surface area contributed by atoms with Crippen molar-refractivity contribution in [2.24, 2.45) is 0 Å².